The molecule has 0 radical (unpaired) electrons. The zero-order chi connectivity index (χ0) is 12.8. The van der Waals surface area contributed by atoms with E-state index in [9.17, 15) is 14.4 Å². The molecule has 0 aromatic rings. The third-order valence-electron chi connectivity index (χ3n) is 1.60. The maximum absolute atomic E-state index is 11.2. The molecule has 2 N–H and O–H groups in total. The third-order valence-corrected chi connectivity index (χ3v) is 2.90. The number of carbonyl (C=O) groups is 3. The van der Waals surface area contributed by atoms with Crippen LogP contribution in [0.15, 0.2) is 0 Å². The van der Waals surface area contributed by atoms with Crippen molar-refractivity contribution < 1.29 is 24.2 Å². The summed E-state index contributed by atoms with van der Waals surface area (Å²) in [6.07, 6.45) is -0.818. The smallest absolute Gasteiger partial charge is 0.413 e. The van der Waals surface area contributed by atoms with E-state index in [1.165, 1.54) is 13.8 Å². The molecule has 0 saturated heterocycles. The molecule has 0 aliphatic heterocycles. The number of thioether (sulfide) groups is 1. The van der Waals surface area contributed by atoms with Gasteiger partial charge in [0.1, 0.15) is 4.75 Å². The van der Waals surface area contributed by atoms with Gasteiger partial charge in [0.05, 0.1) is 12.4 Å². The highest BCUT2D eigenvalue weighted by Crippen LogP contribution is 2.23. The second-order valence-corrected chi connectivity index (χ2v) is 4.97. The lowest BCUT2D eigenvalue weighted by atomic mass is 10.2. The second kappa shape index (κ2) is 6.37. The molecule has 0 saturated carbocycles. The first-order valence-electron chi connectivity index (χ1n) is 4.63. The summed E-state index contributed by atoms with van der Waals surface area (Å²) in [5.41, 5.74) is 0. The van der Waals surface area contributed by atoms with Gasteiger partial charge in [-0.3, -0.25) is 14.9 Å². The van der Waals surface area contributed by atoms with Crippen molar-refractivity contribution in [1.29, 1.82) is 0 Å². The molecule has 2 amide bonds. The van der Waals surface area contributed by atoms with Crippen molar-refractivity contribution in [1.82, 2.24) is 5.32 Å². The Hall–Kier alpha value is -1.24. The summed E-state index contributed by atoms with van der Waals surface area (Å²) in [5, 5.41) is 10.8. The van der Waals surface area contributed by atoms with Crippen molar-refractivity contribution in [3.63, 3.8) is 0 Å². The predicted molar refractivity (Wildman–Crippen MR) is 59.3 cm³/mol. The summed E-state index contributed by atoms with van der Waals surface area (Å²) in [7, 11) is 0. The van der Waals surface area contributed by atoms with Gasteiger partial charge in [0.15, 0.2) is 0 Å². The van der Waals surface area contributed by atoms with Gasteiger partial charge in [-0.15, -0.1) is 11.8 Å². The topological polar surface area (TPSA) is 92.7 Å². The maximum atomic E-state index is 11.2. The Morgan fingerprint density at radius 3 is 2.38 bits per heavy atom. The monoisotopic (exact) mass is 249 g/mol. The molecule has 0 aromatic carbocycles. The first kappa shape index (κ1) is 14.8. The second-order valence-electron chi connectivity index (χ2n) is 3.37. The first-order valence-corrected chi connectivity index (χ1v) is 5.62. The molecule has 0 aliphatic rings. The van der Waals surface area contributed by atoms with Crippen molar-refractivity contribution in [3.8, 4) is 0 Å². The summed E-state index contributed by atoms with van der Waals surface area (Å²) in [5.74, 6) is -1.70. The molecule has 7 heteroatoms. The minimum atomic E-state index is -1.06. The Morgan fingerprint density at radius 1 is 1.38 bits per heavy atom. The van der Waals surface area contributed by atoms with Gasteiger partial charge in [0, 0.05) is 0 Å². The van der Waals surface area contributed by atoms with Crippen LogP contribution in [0.4, 0.5) is 4.79 Å². The van der Waals surface area contributed by atoms with Crippen molar-refractivity contribution in [2.75, 3.05) is 12.4 Å². The fraction of sp³-hybridized carbons (Fsp3) is 0.667. The van der Waals surface area contributed by atoms with Gasteiger partial charge in [-0.05, 0) is 20.8 Å². The van der Waals surface area contributed by atoms with Crippen molar-refractivity contribution >= 4 is 29.7 Å². The van der Waals surface area contributed by atoms with Crippen LogP contribution in [0.3, 0.4) is 0 Å². The van der Waals surface area contributed by atoms with Gasteiger partial charge >= 0.3 is 12.1 Å². The van der Waals surface area contributed by atoms with Crippen LogP contribution < -0.4 is 5.32 Å². The summed E-state index contributed by atoms with van der Waals surface area (Å²) in [6, 6.07) is 0. The average Bonchev–Trinajstić information content (AvgIpc) is 2.15. The van der Waals surface area contributed by atoms with Gasteiger partial charge in [0.25, 0.3) is 0 Å². The average molecular weight is 249 g/mol. The van der Waals surface area contributed by atoms with E-state index in [0.717, 1.165) is 11.8 Å². The fourth-order valence-corrected chi connectivity index (χ4v) is 1.31. The fourth-order valence-electron chi connectivity index (χ4n) is 0.625. The quantitative estimate of drug-likeness (QED) is 0.750. The van der Waals surface area contributed by atoms with Crippen molar-refractivity contribution in [2.24, 2.45) is 0 Å². The molecule has 0 heterocycles. The molecule has 0 bridgehead atoms. The molecule has 16 heavy (non-hydrogen) atoms. The Balaban J connectivity index is 3.99. The standard InChI is InChI=1S/C9H15NO5S/c1-4-15-8(14)10-6(11)5-16-9(2,3)7(12)13/h4-5H2,1-3H3,(H,12,13)(H,10,11,14). The van der Waals surface area contributed by atoms with Crippen LogP contribution in [-0.4, -0.2) is 40.2 Å². The van der Waals surface area contributed by atoms with Crippen LogP contribution in [0, 0.1) is 0 Å². The molecular weight excluding hydrogens is 234 g/mol. The van der Waals surface area contributed by atoms with Crippen molar-refractivity contribution in [3.05, 3.63) is 0 Å². The summed E-state index contributed by atoms with van der Waals surface area (Å²) >= 11 is 0.936. The number of carboxylic acid groups (broad SMARTS) is 1. The van der Waals surface area contributed by atoms with Crippen LogP contribution in [0.25, 0.3) is 0 Å². The minimum absolute atomic E-state index is 0.113. The van der Waals surface area contributed by atoms with Crippen LogP contribution in [-0.2, 0) is 14.3 Å². The number of imide groups is 1. The van der Waals surface area contributed by atoms with E-state index in [4.69, 9.17) is 5.11 Å². The number of hydrogen-bond acceptors (Lipinski definition) is 5. The first-order chi connectivity index (χ1) is 7.29. The van der Waals surface area contributed by atoms with Gasteiger partial charge in [-0.1, -0.05) is 0 Å². The molecule has 0 aliphatic carbocycles. The highest BCUT2D eigenvalue weighted by atomic mass is 32.2. The van der Waals surface area contributed by atoms with E-state index >= 15 is 0 Å². The summed E-state index contributed by atoms with van der Waals surface area (Å²) in [4.78, 5) is 32.7. The van der Waals surface area contributed by atoms with Crippen LogP contribution >= 0.6 is 11.8 Å². The minimum Gasteiger partial charge on any atom is -0.480 e. The molecular formula is C9H15NO5S. The molecule has 0 unspecified atom stereocenters. The number of carbonyl (C=O) groups excluding carboxylic acids is 2. The molecule has 0 rings (SSSR count). The van der Waals surface area contributed by atoms with Crippen LogP contribution in [0.5, 0.6) is 0 Å². The summed E-state index contributed by atoms with van der Waals surface area (Å²) in [6.45, 7) is 4.76. The number of aliphatic carboxylic acids is 1. The molecule has 92 valence electrons. The number of amides is 2. The lowest BCUT2D eigenvalue weighted by Gasteiger charge is -2.17. The van der Waals surface area contributed by atoms with Gasteiger partial charge in [0.2, 0.25) is 5.91 Å². The number of ether oxygens (including phenoxy) is 1. The number of rotatable bonds is 5. The number of alkyl carbamates (subject to hydrolysis) is 1. The molecule has 0 aromatic heterocycles. The zero-order valence-electron chi connectivity index (χ0n) is 9.40. The van der Waals surface area contributed by atoms with E-state index in [2.05, 4.69) is 4.74 Å². The molecule has 6 nitrogen and oxygen atoms in total. The molecule has 0 atom stereocenters. The van der Waals surface area contributed by atoms with E-state index in [-0.39, 0.29) is 12.4 Å². The van der Waals surface area contributed by atoms with E-state index in [1.54, 1.807) is 6.92 Å². The number of carboxylic acids is 1. The van der Waals surface area contributed by atoms with Gasteiger partial charge < -0.3 is 9.84 Å². The highest BCUT2D eigenvalue weighted by Gasteiger charge is 2.28. The zero-order valence-corrected chi connectivity index (χ0v) is 10.2. The largest absolute Gasteiger partial charge is 0.480 e. The Morgan fingerprint density at radius 2 is 1.94 bits per heavy atom. The Kier molecular flexibility index (Phi) is 5.87. The van der Waals surface area contributed by atoms with E-state index in [1.807, 2.05) is 5.32 Å². The number of hydrogen-bond donors (Lipinski definition) is 2. The van der Waals surface area contributed by atoms with E-state index < -0.39 is 22.7 Å². The molecule has 0 fully saturated rings. The number of nitrogens with one attached hydrogen (secondary N) is 1. The Bertz CT molecular complexity index is 290. The van der Waals surface area contributed by atoms with Gasteiger partial charge in [-0.2, -0.15) is 0 Å². The lowest BCUT2D eigenvalue weighted by Crippen LogP contribution is -2.35. The Labute approximate surface area is 97.7 Å². The maximum Gasteiger partial charge on any atom is 0.413 e. The predicted octanol–water partition coefficient (Wildman–Crippen LogP) is 0.855. The van der Waals surface area contributed by atoms with E-state index in [0.29, 0.717) is 0 Å². The highest BCUT2D eigenvalue weighted by molar-refractivity contribution is 8.01. The SMILES string of the molecule is CCOC(=O)NC(=O)CSC(C)(C)C(=O)O. The van der Waals surface area contributed by atoms with Crippen LogP contribution in [0.2, 0.25) is 0 Å². The molecule has 0 spiro atoms. The van der Waals surface area contributed by atoms with Gasteiger partial charge in [-0.25, -0.2) is 4.79 Å². The van der Waals surface area contributed by atoms with Crippen LogP contribution in [0.1, 0.15) is 20.8 Å². The normalized spacial score (nSPS) is 10.7. The third kappa shape index (κ3) is 5.59. The van der Waals surface area contributed by atoms with Crippen molar-refractivity contribution in [2.45, 2.75) is 25.5 Å². The summed E-state index contributed by atoms with van der Waals surface area (Å²) < 4.78 is 3.43. The lowest BCUT2D eigenvalue weighted by molar-refractivity contribution is -0.138.